The highest BCUT2D eigenvalue weighted by Gasteiger charge is 2.23. The molecule has 1 fully saturated rings. The topological polar surface area (TPSA) is 20.3 Å². The van der Waals surface area contributed by atoms with E-state index in [0.717, 1.165) is 42.9 Å². The second kappa shape index (κ2) is 7.80. The molecular weight excluding hydrogens is 325 g/mol. The molecule has 1 unspecified atom stereocenters. The van der Waals surface area contributed by atoms with Crippen molar-refractivity contribution in [1.29, 1.82) is 0 Å². The highest BCUT2D eigenvalue weighted by atomic mass is 35.5. The number of amides is 1. The van der Waals surface area contributed by atoms with Crippen LogP contribution in [-0.2, 0) is 11.2 Å². The fourth-order valence-electron chi connectivity index (χ4n) is 3.26. The third-order valence-corrected chi connectivity index (χ3v) is 4.89. The molecule has 2 aromatic rings. The SMILES string of the molecule is O=C(Cc1ccc(F)cc1)N1CCCCC(c2ccc(Cl)cc2)C1. The minimum atomic E-state index is -0.274. The Morgan fingerprint density at radius 3 is 2.50 bits per heavy atom. The van der Waals surface area contributed by atoms with E-state index in [1.54, 1.807) is 12.1 Å². The number of nitrogens with zero attached hydrogens (tertiary/aromatic N) is 1. The van der Waals surface area contributed by atoms with Crippen LogP contribution in [0.2, 0.25) is 5.02 Å². The maximum Gasteiger partial charge on any atom is 0.227 e. The summed E-state index contributed by atoms with van der Waals surface area (Å²) in [6.45, 7) is 1.53. The van der Waals surface area contributed by atoms with E-state index in [1.807, 2.05) is 17.0 Å². The zero-order chi connectivity index (χ0) is 16.9. The molecule has 0 radical (unpaired) electrons. The molecule has 0 bridgehead atoms. The van der Waals surface area contributed by atoms with Crippen LogP contribution in [0.15, 0.2) is 48.5 Å². The van der Waals surface area contributed by atoms with Crippen molar-refractivity contribution >= 4 is 17.5 Å². The molecule has 1 aliphatic heterocycles. The van der Waals surface area contributed by atoms with Crippen LogP contribution >= 0.6 is 11.6 Å². The highest BCUT2D eigenvalue weighted by molar-refractivity contribution is 6.30. The van der Waals surface area contributed by atoms with Crippen molar-refractivity contribution in [2.45, 2.75) is 31.6 Å². The first-order valence-corrected chi connectivity index (χ1v) is 8.77. The second-order valence-electron chi connectivity index (χ2n) is 6.39. The van der Waals surface area contributed by atoms with Crippen molar-refractivity contribution in [3.8, 4) is 0 Å². The number of carbonyl (C=O) groups is 1. The largest absolute Gasteiger partial charge is 0.342 e. The van der Waals surface area contributed by atoms with Gasteiger partial charge in [-0.3, -0.25) is 4.79 Å². The van der Waals surface area contributed by atoms with Gasteiger partial charge in [0.1, 0.15) is 5.82 Å². The molecule has 24 heavy (non-hydrogen) atoms. The van der Waals surface area contributed by atoms with Crippen LogP contribution in [0.25, 0.3) is 0 Å². The van der Waals surface area contributed by atoms with Gasteiger partial charge in [0.15, 0.2) is 0 Å². The molecule has 3 rings (SSSR count). The van der Waals surface area contributed by atoms with E-state index >= 15 is 0 Å². The average molecular weight is 346 g/mol. The first-order chi connectivity index (χ1) is 11.6. The molecule has 1 amide bonds. The summed E-state index contributed by atoms with van der Waals surface area (Å²) >= 11 is 5.97. The Hall–Kier alpha value is -1.87. The smallest absolute Gasteiger partial charge is 0.227 e. The molecule has 1 aliphatic rings. The first-order valence-electron chi connectivity index (χ1n) is 8.39. The van der Waals surface area contributed by atoms with Gasteiger partial charge in [-0.2, -0.15) is 0 Å². The van der Waals surface area contributed by atoms with Gasteiger partial charge in [-0.05, 0) is 48.2 Å². The van der Waals surface area contributed by atoms with Crippen molar-refractivity contribution in [3.05, 3.63) is 70.5 Å². The van der Waals surface area contributed by atoms with E-state index in [-0.39, 0.29) is 11.7 Å². The average Bonchev–Trinajstić information content (AvgIpc) is 2.84. The number of hydrogen-bond acceptors (Lipinski definition) is 1. The van der Waals surface area contributed by atoms with Gasteiger partial charge in [0.2, 0.25) is 5.91 Å². The van der Waals surface area contributed by atoms with Crippen molar-refractivity contribution in [3.63, 3.8) is 0 Å². The highest BCUT2D eigenvalue weighted by Crippen LogP contribution is 2.27. The van der Waals surface area contributed by atoms with Gasteiger partial charge in [-0.1, -0.05) is 42.3 Å². The molecular formula is C20H21ClFNO. The van der Waals surface area contributed by atoms with Gasteiger partial charge in [-0.25, -0.2) is 4.39 Å². The van der Waals surface area contributed by atoms with Crippen LogP contribution in [-0.4, -0.2) is 23.9 Å². The number of rotatable bonds is 3. The van der Waals surface area contributed by atoms with Crippen molar-refractivity contribution < 1.29 is 9.18 Å². The van der Waals surface area contributed by atoms with E-state index < -0.39 is 0 Å². The van der Waals surface area contributed by atoms with Crippen molar-refractivity contribution in [2.24, 2.45) is 0 Å². The summed E-state index contributed by atoms with van der Waals surface area (Å²) < 4.78 is 13.0. The summed E-state index contributed by atoms with van der Waals surface area (Å²) in [6, 6.07) is 14.1. The lowest BCUT2D eigenvalue weighted by Gasteiger charge is -2.25. The van der Waals surface area contributed by atoms with Crippen LogP contribution in [0, 0.1) is 5.82 Å². The quantitative estimate of drug-likeness (QED) is 0.781. The summed E-state index contributed by atoms with van der Waals surface area (Å²) in [5.74, 6) is 0.188. The van der Waals surface area contributed by atoms with Crippen LogP contribution in [0.3, 0.4) is 0 Å². The summed E-state index contributed by atoms with van der Waals surface area (Å²) in [6.07, 6.45) is 3.56. The molecule has 0 N–H and O–H groups in total. The lowest BCUT2D eigenvalue weighted by Crippen LogP contribution is -2.35. The van der Waals surface area contributed by atoms with E-state index in [9.17, 15) is 9.18 Å². The van der Waals surface area contributed by atoms with Gasteiger partial charge in [0.05, 0.1) is 6.42 Å². The zero-order valence-electron chi connectivity index (χ0n) is 13.6. The van der Waals surface area contributed by atoms with Crippen molar-refractivity contribution in [1.82, 2.24) is 4.90 Å². The fourth-order valence-corrected chi connectivity index (χ4v) is 3.39. The number of halogens is 2. The molecule has 2 aromatic carbocycles. The van der Waals surface area contributed by atoms with Gasteiger partial charge in [0, 0.05) is 24.0 Å². The lowest BCUT2D eigenvalue weighted by molar-refractivity contribution is -0.130. The minimum absolute atomic E-state index is 0.113. The Kier molecular flexibility index (Phi) is 5.52. The van der Waals surface area contributed by atoms with E-state index in [4.69, 9.17) is 11.6 Å². The molecule has 1 saturated heterocycles. The van der Waals surface area contributed by atoms with Crippen LogP contribution in [0.4, 0.5) is 4.39 Å². The summed E-state index contributed by atoms with van der Waals surface area (Å²) in [4.78, 5) is 14.6. The molecule has 2 nitrogen and oxygen atoms in total. The zero-order valence-corrected chi connectivity index (χ0v) is 14.3. The molecule has 1 atom stereocenters. The molecule has 0 spiro atoms. The normalized spacial score (nSPS) is 18.2. The fraction of sp³-hybridized carbons (Fsp3) is 0.350. The third-order valence-electron chi connectivity index (χ3n) is 4.63. The number of carbonyl (C=O) groups excluding carboxylic acids is 1. The molecule has 4 heteroatoms. The standard InChI is InChI=1S/C20H21ClFNO/c21-18-8-6-16(7-9-18)17-3-1-2-12-23(14-17)20(24)13-15-4-10-19(22)11-5-15/h4-11,17H,1-3,12-14H2. The van der Waals surface area contributed by atoms with Crippen molar-refractivity contribution in [2.75, 3.05) is 13.1 Å². The minimum Gasteiger partial charge on any atom is -0.342 e. The van der Waals surface area contributed by atoms with Gasteiger partial charge in [-0.15, -0.1) is 0 Å². The van der Waals surface area contributed by atoms with Crippen LogP contribution in [0.5, 0.6) is 0 Å². The van der Waals surface area contributed by atoms with Crippen LogP contribution in [0.1, 0.15) is 36.3 Å². The predicted octanol–water partition coefficient (Wildman–Crippen LogP) is 4.82. The predicted molar refractivity (Wildman–Crippen MR) is 94.7 cm³/mol. The number of likely N-dealkylation sites (tertiary alicyclic amines) is 1. The first kappa shape index (κ1) is 17.0. The maximum atomic E-state index is 13.0. The Morgan fingerprint density at radius 1 is 1.08 bits per heavy atom. The molecule has 126 valence electrons. The Balaban J connectivity index is 1.68. The maximum absolute atomic E-state index is 13.0. The summed E-state index contributed by atoms with van der Waals surface area (Å²) in [5.41, 5.74) is 2.09. The molecule has 0 aliphatic carbocycles. The van der Waals surface area contributed by atoms with Gasteiger partial charge in [0.25, 0.3) is 0 Å². The molecule has 0 saturated carbocycles. The number of benzene rings is 2. The van der Waals surface area contributed by atoms with Gasteiger partial charge >= 0.3 is 0 Å². The van der Waals surface area contributed by atoms with E-state index in [1.165, 1.54) is 17.7 Å². The lowest BCUT2D eigenvalue weighted by atomic mass is 9.94. The van der Waals surface area contributed by atoms with Crippen LogP contribution < -0.4 is 0 Å². The van der Waals surface area contributed by atoms with E-state index in [2.05, 4.69) is 12.1 Å². The van der Waals surface area contributed by atoms with E-state index in [0.29, 0.717) is 12.3 Å². The third kappa shape index (κ3) is 4.35. The second-order valence-corrected chi connectivity index (χ2v) is 6.82. The van der Waals surface area contributed by atoms with Gasteiger partial charge < -0.3 is 4.90 Å². The molecule has 1 heterocycles. The Morgan fingerprint density at radius 2 is 1.79 bits per heavy atom. The number of hydrogen-bond donors (Lipinski definition) is 0. The molecule has 0 aromatic heterocycles. The summed E-state index contributed by atoms with van der Waals surface area (Å²) in [5, 5.41) is 0.733. The monoisotopic (exact) mass is 345 g/mol. The Labute approximate surface area is 147 Å². The Bertz CT molecular complexity index is 684. The summed E-state index contributed by atoms with van der Waals surface area (Å²) in [7, 11) is 0.